The largest absolute Gasteiger partial charge is 0.435 e. The fourth-order valence-corrected chi connectivity index (χ4v) is 2.97. The van der Waals surface area contributed by atoms with Crippen molar-refractivity contribution in [2.45, 2.75) is 33.8 Å². The van der Waals surface area contributed by atoms with Crippen LogP contribution < -0.4 is 10.1 Å². The topological polar surface area (TPSA) is 69.0 Å². The van der Waals surface area contributed by atoms with Crippen LogP contribution in [0.5, 0.6) is 5.75 Å². The molecule has 2 aromatic carbocycles. The number of carbonyl (C=O) groups is 1. The summed E-state index contributed by atoms with van der Waals surface area (Å²) in [5.41, 5.74) is 4.68. The zero-order valence-corrected chi connectivity index (χ0v) is 16.4. The van der Waals surface area contributed by atoms with Crippen LogP contribution in [0.1, 0.15) is 32.9 Å². The van der Waals surface area contributed by atoms with Gasteiger partial charge in [0, 0.05) is 6.54 Å². The molecule has 152 valence electrons. The number of nitrogens with zero attached hydrogens (tertiary/aromatic N) is 3. The fraction of sp³-hybridized carbons (Fsp3) is 0.286. The monoisotopic (exact) mass is 400 g/mol. The molecule has 0 fully saturated rings. The van der Waals surface area contributed by atoms with Gasteiger partial charge in [-0.1, -0.05) is 29.8 Å². The van der Waals surface area contributed by atoms with E-state index in [4.69, 9.17) is 0 Å². The summed E-state index contributed by atoms with van der Waals surface area (Å²) in [5.74, 6) is -0.206. The quantitative estimate of drug-likeness (QED) is 0.656. The molecule has 0 bridgehead atoms. The molecule has 0 spiro atoms. The number of amides is 1. The number of benzene rings is 2. The molecule has 1 N–H and O–H groups in total. The van der Waals surface area contributed by atoms with E-state index < -0.39 is 6.61 Å². The molecule has 8 heteroatoms. The summed E-state index contributed by atoms with van der Waals surface area (Å²) >= 11 is 0. The van der Waals surface area contributed by atoms with E-state index in [0.717, 1.165) is 22.4 Å². The minimum Gasteiger partial charge on any atom is -0.435 e. The SMILES string of the molecule is Cc1ccc(-n2nc(C)c(C(=O)NCCc3ccc(OC(F)F)cc3)n2)c(C)c1. The average Bonchev–Trinajstić information content (AvgIpc) is 3.04. The first-order valence-electron chi connectivity index (χ1n) is 9.17. The van der Waals surface area contributed by atoms with Crippen molar-refractivity contribution >= 4 is 5.91 Å². The molecule has 0 aliphatic heterocycles. The summed E-state index contributed by atoms with van der Waals surface area (Å²) in [6.07, 6.45) is 0.547. The molecule has 1 aromatic heterocycles. The van der Waals surface area contributed by atoms with Gasteiger partial charge in [-0.05, 0) is 56.5 Å². The summed E-state index contributed by atoms with van der Waals surface area (Å²) < 4.78 is 28.7. The second kappa shape index (κ2) is 8.81. The van der Waals surface area contributed by atoms with E-state index in [2.05, 4.69) is 20.3 Å². The summed E-state index contributed by atoms with van der Waals surface area (Å²) in [5, 5.41) is 11.5. The molecule has 0 saturated carbocycles. The predicted molar refractivity (Wildman–Crippen MR) is 105 cm³/mol. The van der Waals surface area contributed by atoms with Gasteiger partial charge in [0.1, 0.15) is 5.75 Å². The van der Waals surface area contributed by atoms with Crippen molar-refractivity contribution in [3.63, 3.8) is 0 Å². The summed E-state index contributed by atoms with van der Waals surface area (Å²) in [4.78, 5) is 14.0. The molecule has 0 radical (unpaired) electrons. The highest BCUT2D eigenvalue weighted by atomic mass is 19.3. The van der Waals surface area contributed by atoms with E-state index in [1.54, 1.807) is 19.1 Å². The van der Waals surface area contributed by atoms with Crippen molar-refractivity contribution < 1.29 is 18.3 Å². The van der Waals surface area contributed by atoms with Gasteiger partial charge in [0.25, 0.3) is 5.91 Å². The first kappa shape index (κ1) is 20.4. The van der Waals surface area contributed by atoms with Crippen molar-refractivity contribution in [3.8, 4) is 11.4 Å². The summed E-state index contributed by atoms with van der Waals surface area (Å²) in [6.45, 7) is 3.25. The maximum atomic E-state index is 12.5. The van der Waals surface area contributed by atoms with E-state index in [0.29, 0.717) is 18.7 Å². The minimum absolute atomic E-state index is 0.103. The van der Waals surface area contributed by atoms with Crippen LogP contribution >= 0.6 is 0 Å². The van der Waals surface area contributed by atoms with E-state index >= 15 is 0 Å². The lowest BCUT2D eigenvalue weighted by Crippen LogP contribution is -2.26. The Morgan fingerprint density at radius 3 is 2.48 bits per heavy atom. The number of hydrogen-bond acceptors (Lipinski definition) is 4. The normalized spacial score (nSPS) is 11.0. The number of hydrogen-bond donors (Lipinski definition) is 1. The third-order valence-electron chi connectivity index (χ3n) is 4.41. The van der Waals surface area contributed by atoms with Crippen LogP contribution in [0.25, 0.3) is 5.69 Å². The molecule has 3 aromatic rings. The van der Waals surface area contributed by atoms with Gasteiger partial charge in [-0.25, -0.2) is 0 Å². The molecule has 29 heavy (non-hydrogen) atoms. The Balaban J connectivity index is 1.60. The summed E-state index contributed by atoms with van der Waals surface area (Å²) in [7, 11) is 0. The van der Waals surface area contributed by atoms with E-state index in [1.807, 2.05) is 32.0 Å². The lowest BCUT2D eigenvalue weighted by Gasteiger charge is -2.07. The third kappa shape index (κ3) is 5.16. The number of aromatic nitrogens is 3. The Labute approximate surface area is 167 Å². The van der Waals surface area contributed by atoms with Crippen LogP contribution in [-0.2, 0) is 6.42 Å². The number of halogens is 2. The molecule has 0 aliphatic rings. The minimum atomic E-state index is -2.85. The van der Waals surface area contributed by atoms with Gasteiger partial charge >= 0.3 is 6.61 Å². The molecule has 0 saturated heterocycles. The molecule has 1 heterocycles. The molecule has 1 amide bonds. The number of carbonyl (C=O) groups excluding carboxylic acids is 1. The number of nitrogens with one attached hydrogen (secondary N) is 1. The van der Waals surface area contributed by atoms with Gasteiger partial charge in [0.15, 0.2) is 5.69 Å². The zero-order valence-electron chi connectivity index (χ0n) is 16.4. The Morgan fingerprint density at radius 1 is 1.10 bits per heavy atom. The highest BCUT2D eigenvalue weighted by Crippen LogP contribution is 2.16. The molecule has 6 nitrogen and oxygen atoms in total. The maximum absolute atomic E-state index is 12.5. The lowest BCUT2D eigenvalue weighted by molar-refractivity contribution is -0.0498. The van der Waals surface area contributed by atoms with Crippen LogP contribution in [0.2, 0.25) is 0 Å². The highest BCUT2D eigenvalue weighted by molar-refractivity contribution is 5.93. The van der Waals surface area contributed by atoms with Gasteiger partial charge in [-0.3, -0.25) is 4.79 Å². The van der Waals surface area contributed by atoms with Crippen molar-refractivity contribution in [1.29, 1.82) is 0 Å². The Bertz CT molecular complexity index is 1000. The van der Waals surface area contributed by atoms with E-state index in [9.17, 15) is 13.6 Å². The van der Waals surface area contributed by atoms with Crippen molar-refractivity contribution in [2.24, 2.45) is 0 Å². The van der Waals surface area contributed by atoms with E-state index in [-0.39, 0.29) is 17.4 Å². The van der Waals surface area contributed by atoms with Crippen molar-refractivity contribution in [2.75, 3.05) is 6.54 Å². The number of rotatable bonds is 7. The summed E-state index contributed by atoms with van der Waals surface area (Å²) in [6, 6.07) is 12.3. The molecule has 0 atom stereocenters. The zero-order chi connectivity index (χ0) is 21.0. The van der Waals surface area contributed by atoms with Gasteiger partial charge in [-0.2, -0.15) is 18.7 Å². The highest BCUT2D eigenvalue weighted by Gasteiger charge is 2.16. The first-order chi connectivity index (χ1) is 13.8. The van der Waals surface area contributed by atoms with E-state index in [1.165, 1.54) is 16.9 Å². The van der Waals surface area contributed by atoms with Gasteiger partial charge in [0.2, 0.25) is 0 Å². The Morgan fingerprint density at radius 2 is 1.83 bits per heavy atom. The second-order valence-electron chi connectivity index (χ2n) is 6.74. The van der Waals surface area contributed by atoms with Crippen LogP contribution in [0, 0.1) is 20.8 Å². The first-order valence-corrected chi connectivity index (χ1v) is 9.17. The molecular formula is C21H22F2N4O2. The number of ether oxygens (including phenoxy) is 1. The predicted octanol–water partition coefficient (Wildman–Crippen LogP) is 3.77. The van der Waals surface area contributed by atoms with Crippen LogP contribution in [0.15, 0.2) is 42.5 Å². The number of aryl methyl sites for hydroxylation is 3. The van der Waals surface area contributed by atoms with Crippen LogP contribution in [0.4, 0.5) is 8.78 Å². The molecule has 3 rings (SSSR count). The van der Waals surface area contributed by atoms with Gasteiger partial charge in [0.05, 0.1) is 11.4 Å². The Kier molecular flexibility index (Phi) is 6.21. The van der Waals surface area contributed by atoms with Crippen molar-refractivity contribution in [3.05, 3.63) is 70.5 Å². The lowest BCUT2D eigenvalue weighted by atomic mass is 10.1. The molecule has 0 aliphatic carbocycles. The van der Waals surface area contributed by atoms with Gasteiger partial charge in [-0.15, -0.1) is 5.10 Å². The van der Waals surface area contributed by atoms with Gasteiger partial charge < -0.3 is 10.1 Å². The van der Waals surface area contributed by atoms with Crippen molar-refractivity contribution in [1.82, 2.24) is 20.3 Å². The smallest absolute Gasteiger partial charge is 0.387 e. The van der Waals surface area contributed by atoms with Crippen LogP contribution in [-0.4, -0.2) is 34.1 Å². The van der Waals surface area contributed by atoms with Crippen LogP contribution in [0.3, 0.4) is 0 Å². The standard InChI is InChI=1S/C21H22F2N4O2/c1-13-4-9-18(14(2)12-13)27-25-15(3)19(26-27)20(28)24-11-10-16-5-7-17(8-6-16)29-21(22)23/h4-9,12,21H,10-11H2,1-3H3,(H,24,28). The number of alkyl halides is 2. The molecule has 0 unspecified atom stereocenters. The average molecular weight is 400 g/mol. The third-order valence-corrected chi connectivity index (χ3v) is 4.41. The molecular weight excluding hydrogens is 378 g/mol. The fourth-order valence-electron chi connectivity index (χ4n) is 2.97. The Hall–Kier alpha value is -3.29. The second-order valence-corrected chi connectivity index (χ2v) is 6.74. The maximum Gasteiger partial charge on any atom is 0.387 e.